The maximum Gasteiger partial charge on any atom is 0.399 e. The van der Waals surface area contributed by atoms with Crippen LogP contribution in [0.4, 0.5) is 4.79 Å². The summed E-state index contributed by atoms with van der Waals surface area (Å²) < 4.78 is 0. The van der Waals surface area contributed by atoms with Crippen molar-refractivity contribution in [2.45, 2.75) is 70.6 Å². The number of imide groups is 2. The molecule has 204 valence electrons. The van der Waals surface area contributed by atoms with E-state index in [0.29, 0.717) is 45.3 Å². The predicted octanol–water partition coefficient (Wildman–Crippen LogP) is -0.542. The van der Waals surface area contributed by atoms with Crippen LogP contribution in [0.15, 0.2) is 0 Å². The zero-order chi connectivity index (χ0) is 27.2. The molecule has 14 nitrogen and oxygen atoms in total. The largest absolute Gasteiger partial charge is 0.399 e. The van der Waals surface area contributed by atoms with Crippen molar-refractivity contribution in [1.82, 2.24) is 25.9 Å². The van der Waals surface area contributed by atoms with Crippen LogP contribution in [-0.4, -0.2) is 83.5 Å². The van der Waals surface area contributed by atoms with Crippen molar-refractivity contribution in [3.8, 4) is 0 Å². The Morgan fingerprint density at radius 2 is 1.35 bits per heavy atom. The maximum absolute atomic E-state index is 11.8. The van der Waals surface area contributed by atoms with E-state index in [1.54, 1.807) is 0 Å². The van der Waals surface area contributed by atoms with Gasteiger partial charge in [-0.2, -0.15) is 0 Å². The standard InChI is InChI=1S/C23H33N5O9/c29-16(22(35)37-28-20(33)10-11-21(28)34)8-9-18(31)25-13-5-2-1-4-12-24-17(30)7-3-6-14-27-15-19(32)26-23(27)36/h1-15H2,(H,24,30)(H,25,31)(H,26,32,36). The zero-order valence-corrected chi connectivity index (χ0v) is 20.7. The first-order chi connectivity index (χ1) is 17.7. The highest BCUT2D eigenvalue weighted by Gasteiger charge is 2.34. The van der Waals surface area contributed by atoms with E-state index in [4.69, 9.17) is 0 Å². The smallest absolute Gasteiger partial charge is 0.356 e. The van der Waals surface area contributed by atoms with Gasteiger partial charge in [-0.3, -0.25) is 34.1 Å². The molecule has 2 aliphatic heterocycles. The number of unbranched alkanes of at least 4 members (excludes halogenated alkanes) is 4. The van der Waals surface area contributed by atoms with E-state index in [1.807, 2.05) is 0 Å². The molecule has 0 aromatic heterocycles. The van der Waals surface area contributed by atoms with Gasteiger partial charge in [-0.05, 0) is 25.7 Å². The minimum Gasteiger partial charge on any atom is -0.356 e. The molecule has 2 saturated heterocycles. The molecule has 14 heteroatoms. The number of Topliss-reactive ketones (excluding diaryl/α,β-unsaturated/α-hetero) is 1. The molecule has 0 saturated carbocycles. The molecule has 0 unspecified atom stereocenters. The quantitative estimate of drug-likeness (QED) is 0.0973. The minimum atomic E-state index is -1.35. The normalized spacial score (nSPS) is 15.1. The second-order valence-corrected chi connectivity index (χ2v) is 8.73. The summed E-state index contributed by atoms with van der Waals surface area (Å²) >= 11 is 0. The number of urea groups is 1. The molecule has 0 spiro atoms. The summed E-state index contributed by atoms with van der Waals surface area (Å²) in [4.78, 5) is 98.3. The van der Waals surface area contributed by atoms with E-state index in [2.05, 4.69) is 20.8 Å². The van der Waals surface area contributed by atoms with Crippen molar-refractivity contribution < 1.29 is 43.2 Å². The van der Waals surface area contributed by atoms with Gasteiger partial charge in [-0.1, -0.05) is 12.8 Å². The van der Waals surface area contributed by atoms with Crippen molar-refractivity contribution in [2.24, 2.45) is 0 Å². The van der Waals surface area contributed by atoms with E-state index >= 15 is 0 Å². The molecule has 0 radical (unpaired) electrons. The number of hydrogen-bond acceptors (Lipinski definition) is 9. The Morgan fingerprint density at radius 3 is 1.92 bits per heavy atom. The van der Waals surface area contributed by atoms with Crippen LogP contribution in [0, 0.1) is 0 Å². The highest BCUT2D eigenvalue weighted by molar-refractivity contribution is 6.34. The number of nitrogens with zero attached hydrogens (tertiary/aromatic N) is 2. The van der Waals surface area contributed by atoms with Gasteiger partial charge < -0.3 is 20.4 Å². The Hall–Kier alpha value is -3.84. The highest BCUT2D eigenvalue weighted by Crippen LogP contribution is 2.12. The molecular weight excluding hydrogens is 490 g/mol. The summed E-state index contributed by atoms with van der Waals surface area (Å²) in [5.41, 5.74) is 0. The first kappa shape index (κ1) is 29.4. The van der Waals surface area contributed by atoms with Crippen LogP contribution < -0.4 is 16.0 Å². The molecule has 7 amide bonds. The first-order valence-corrected chi connectivity index (χ1v) is 12.4. The fourth-order valence-corrected chi connectivity index (χ4v) is 3.61. The fourth-order valence-electron chi connectivity index (χ4n) is 3.61. The third-order valence-electron chi connectivity index (χ3n) is 5.68. The third kappa shape index (κ3) is 10.8. The van der Waals surface area contributed by atoms with Gasteiger partial charge in [-0.15, -0.1) is 5.06 Å². The van der Waals surface area contributed by atoms with Crippen LogP contribution in [0.5, 0.6) is 0 Å². The number of rotatable bonds is 17. The lowest BCUT2D eigenvalue weighted by Crippen LogP contribution is -2.35. The molecule has 0 aromatic carbocycles. The van der Waals surface area contributed by atoms with Gasteiger partial charge in [0.05, 0.1) is 0 Å². The van der Waals surface area contributed by atoms with Gasteiger partial charge in [0.25, 0.3) is 11.8 Å². The minimum absolute atomic E-state index is 0.0636. The number of hydrogen-bond donors (Lipinski definition) is 3. The van der Waals surface area contributed by atoms with E-state index in [1.165, 1.54) is 4.90 Å². The van der Waals surface area contributed by atoms with Crippen LogP contribution in [0.25, 0.3) is 0 Å². The van der Waals surface area contributed by atoms with Crippen LogP contribution >= 0.6 is 0 Å². The van der Waals surface area contributed by atoms with Crippen molar-refractivity contribution in [3.05, 3.63) is 0 Å². The van der Waals surface area contributed by atoms with E-state index in [-0.39, 0.29) is 42.7 Å². The summed E-state index contributed by atoms with van der Waals surface area (Å²) in [5, 5.41) is 7.97. The summed E-state index contributed by atoms with van der Waals surface area (Å²) in [5.74, 6) is -4.50. The van der Waals surface area contributed by atoms with Crippen LogP contribution in [0.1, 0.15) is 70.6 Å². The number of ketones is 1. The predicted molar refractivity (Wildman–Crippen MR) is 125 cm³/mol. The Kier molecular flexibility index (Phi) is 12.2. The van der Waals surface area contributed by atoms with E-state index in [9.17, 15) is 38.4 Å². The number of hydroxylamine groups is 2. The molecule has 2 rings (SSSR count). The van der Waals surface area contributed by atoms with Crippen molar-refractivity contribution in [3.63, 3.8) is 0 Å². The number of carbonyl (C=O) groups excluding carboxylic acids is 8. The number of carbonyl (C=O) groups is 8. The summed E-state index contributed by atoms with van der Waals surface area (Å²) in [7, 11) is 0. The van der Waals surface area contributed by atoms with Gasteiger partial charge in [0, 0.05) is 51.7 Å². The Labute approximate surface area is 213 Å². The van der Waals surface area contributed by atoms with Crippen molar-refractivity contribution in [2.75, 3.05) is 26.2 Å². The molecule has 0 aliphatic carbocycles. The van der Waals surface area contributed by atoms with Crippen molar-refractivity contribution >= 4 is 47.3 Å². The molecule has 37 heavy (non-hydrogen) atoms. The topological polar surface area (TPSA) is 188 Å². The van der Waals surface area contributed by atoms with E-state index in [0.717, 1.165) is 19.3 Å². The molecule has 3 N–H and O–H groups in total. The lowest BCUT2D eigenvalue weighted by Gasteiger charge is -2.12. The molecule has 2 heterocycles. The average Bonchev–Trinajstić information content (AvgIpc) is 3.35. The molecule has 0 bridgehead atoms. The lowest BCUT2D eigenvalue weighted by atomic mass is 10.1. The van der Waals surface area contributed by atoms with Gasteiger partial charge in [0.1, 0.15) is 6.54 Å². The van der Waals surface area contributed by atoms with Crippen LogP contribution in [0.3, 0.4) is 0 Å². The summed E-state index contributed by atoms with van der Waals surface area (Å²) in [6.07, 6.45) is 4.02. The molecule has 0 atom stereocenters. The lowest BCUT2D eigenvalue weighted by molar-refractivity contribution is -0.197. The maximum atomic E-state index is 11.8. The molecule has 2 aliphatic rings. The fraction of sp³-hybridized carbons (Fsp3) is 0.652. The second kappa shape index (κ2) is 15.3. The Morgan fingerprint density at radius 1 is 0.757 bits per heavy atom. The van der Waals surface area contributed by atoms with E-state index < -0.39 is 41.9 Å². The van der Waals surface area contributed by atoms with Crippen molar-refractivity contribution in [1.29, 1.82) is 0 Å². The number of amides is 7. The first-order valence-electron chi connectivity index (χ1n) is 12.4. The SMILES string of the molecule is O=C(CCCCN1CC(=O)NC1=O)NCCCCCCNC(=O)CCC(=O)C(=O)ON1C(=O)CCC1=O. The second-order valence-electron chi connectivity index (χ2n) is 8.73. The van der Waals surface area contributed by atoms with Gasteiger partial charge in [0.15, 0.2) is 0 Å². The van der Waals surface area contributed by atoms with Gasteiger partial charge in [0.2, 0.25) is 23.5 Å². The third-order valence-corrected chi connectivity index (χ3v) is 5.68. The van der Waals surface area contributed by atoms with Gasteiger partial charge in [-0.25, -0.2) is 9.59 Å². The summed E-state index contributed by atoms with van der Waals surface area (Å²) in [6, 6.07) is -0.390. The molecule has 2 fully saturated rings. The monoisotopic (exact) mass is 523 g/mol. The Bertz CT molecular complexity index is 904. The van der Waals surface area contributed by atoms with Gasteiger partial charge >= 0.3 is 12.0 Å². The Balaban J connectivity index is 1.39. The summed E-state index contributed by atoms with van der Waals surface area (Å²) in [6.45, 7) is 1.45. The molecule has 0 aromatic rings. The number of nitrogens with one attached hydrogen (secondary N) is 3. The molecular formula is C23H33N5O9. The zero-order valence-electron chi connectivity index (χ0n) is 20.7. The highest BCUT2D eigenvalue weighted by atomic mass is 16.7. The van der Waals surface area contributed by atoms with Crippen LogP contribution in [-0.2, 0) is 38.4 Å². The van der Waals surface area contributed by atoms with Crippen LogP contribution in [0.2, 0.25) is 0 Å². The average molecular weight is 524 g/mol.